The first-order chi connectivity index (χ1) is 9.59. The fourth-order valence-electron chi connectivity index (χ4n) is 2.10. The second-order valence-corrected chi connectivity index (χ2v) is 4.87. The number of phenolic OH excluding ortho intramolecular Hbond substituents is 1. The zero-order valence-corrected chi connectivity index (χ0v) is 11.6. The number of phenols is 1. The molecule has 0 aliphatic carbocycles. The molecule has 0 amide bonds. The first kappa shape index (κ1) is 14.2. The van der Waals surface area contributed by atoms with Gasteiger partial charge in [0.1, 0.15) is 11.5 Å². The summed E-state index contributed by atoms with van der Waals surface area (Å²) in [7, 11) is 1.60. The average Bonchev–Trinajstić information content (AvgIpc) is 2.47. The predicted molar refractivity (Wildman–Crippen MR) is 79.2 cm³/mol. The third-order valence-corrected chi connectivity index (χ3v) is 3.32. The monoisotopic (exact) mass is 273 g/mol. The van der Waals surface area contributed by atoms with E-state index in [0.717, 1.165) is 11.3 Å². The molecule has 0 spiro atoms. The first-order valence-corrected chi connectivity index (χ1v) is 6.40. The van der Waals surface area contributed by atoms with Crippen LogP contribution < -0.4 is 10.1 Å². The summed E-state index contributed by atoms with van der Waals surface area (Å²) in [5.74, 6) is 0.872. The van der Waals surface area contributed by atoms with Crippen molar-refractivity contribution in [2.45, 2.75) is 12.5 Å². The molecule has 0 bridgehead atoms. The van der Waals surface area contributed by atoms with Crippen LogP contribution in [0.25, 0.3) is 0 Å². The van der Waals surface area contributed by atoms with Gasteiger partial charge in [0.15, 0.2) is 0 Å². The molecule has 1 atom stereocenters. The van der Waals surface area contributed by atoms with E-state index in [2.05, 4.69) is 5.32 Å². The van der Waals surface area contributed by atoms with Crippen LogP contribution in [0, 0.1) is 0 Å². The van der Waals surface area contributed by atoms with Crippen LogP contribution in [0.4, 0.5) is 5.69 Å². The molecule has 0 aromatic heterocycles. The van der Waals surface area contributed by atoms with E-state index in [0.29, 0.717) is 5.75 Å². The van der Waals surface area contributed by atoms with Gasteiger partial charge in [0.2, 0.25) is 0 Å². The van der Waals surface area contributed by atoms with Gasteiger partial charge in [-0.2, -0.15) is 0 Å². The van der Waals surface area contributed by atoms with E-state index in [4.69, 9.17) is 4.74 Å². The summed E-state index contributed by atoms with van der Waals surface area (Å²) in [4.78, 5) is 0. The highest BCUT2D eigenvalue weighted by Gasteiger charge is 2.27. The zero-order valence-electron chi connectivity index (χ0n) is 11.6. The molecule has 0 aliphatic rings. The smallest absolute Gasteiger partial charge is 0.141 e. The number of methoxy groups -OCH3 is 1. The van der Waals surface area contributed by atoms with E-state index in [1.807, 2.05) is 37.3 Å². The molecule has 0 saturated heterocycles. The normalized spacial score (nSPS) is 13.6. The summed E-state index contributed by atoms with van der Waals surface area (Å²) >= 11 is 0. The van der Waals surface area contributed by atoms with Crippen molar-refractivity contribution in [2.75, 3.05) is 19.0 Å². The Balaban J connectivity index is 2.36. The molecule has 4 heteroatoms. The number of benzene rings is 2. The van der Waals surface area contributed by atoms with E-state index in [1.165, 1.54) is 0 Å². The predicted octanol–water partition coefficient (Wildman–Crippen LogP) is 2.72. The van der Waals surface area contributed by atoms with Gasteiger partial charge >= 0.3 is 0 Å². The van der Waals surface area contributed by atoms with Gasteiger partial charge < -0.3 is 20.3 Å². The Morgan fingerprint density at radius 1 is 1.15 bits per heavy atom. The molecular weight excluding hydrogens is 254 g/mol. The van der Waals surface area contributed by atoms with Crippen molar-refractivity contribution in [3.8, 4) is 11.5 Å². The summed E-state index contributed by atoms with van der Waals surface area (Å²) < 4.78 is 5.30. The van der Waals surface area contributed by atoms with Crippen molar-refractivity contribution < 1.29 is 14.9 Å². The number of anilines is 1. The van der Waals surface area contributed by atoms with Gasteiger partial charge in [-0.3, -0.25) is 0 Å². The maximum atomic E-state index is 9.77. The van der Waals surface area contributed by atoms with Gasteiger partial charge in [-0.25, -0.2) is 0 Å². The lowest BCUT2D eigenvalue weighted by Gasteiger charge is -2.31. The molecule has 3 N–H and O–H groups in total. The Morgan fingerprint density at radius 2 is 1.90 bits per heavy atom. The number of nitrogens with one attached hydrogen (secondary N) is 1. The Hall–Kier alpha value is -2.20. The maximum Gasteiger partial charge on any atom is 0.141 e. The van der Waals surface area contributed by atoms with Crippen LogP contribution >= 0.6 is 0 Å². The average molecular weight is 273 g/mol. The Bertz CT molecular complexity index is 585. The Morgan fingerprint density at radius 3 is 2.55 bits per heavy atom. The van der Waals surface area contributed by atoms with Gasteiger partial charge in [-0.05, 0) is 36.8 Å². The molecule has 0 saturated carbocycles. The molecule has 0 aliphatic heterocycles. The molecule has 0 radical (unpaired) electrons. The standard InChI is InChI=1S/C16H19NO3/c1-16(11-18,12-6-5-7-13(19)10-12)17-14-8-3-4-9-15(14)20-2/h3-10,17-19H,11H2,1-2H3. The van der Waals surface area contributed by atoms with Crippen molar-refractivity contribution >= 4 is 5.69 Å². The van der Waals surface area contributed by atoms with Gasteiger partial charge in [-0.1, -0.05) is 24.3 Å². The van der Waals surface area contributed by atoms with Crippen LogP contribution in [0.15, 0.2) is 48.5 Å². The van der Waals surface area contributed by atoms with Crippen LogP contribution in [-0.2, 0) is 5.54 Å². The largest absolute Gasteiger partial charge is 0.508 e. The fourth-order valence-corrected chi connectivity index (χ4v) is 2.10. The molecule has 2 aromatic rings. The maximum absolute atomic E-state index is 9.77. The molecule has 4 nitrogen and oxygen atoms in total. The number of aliphatic hydroxyl groups is 1. The van der Waals surface area contributed by atoms with Crippen LogP contribution in [0.3, 0.4) is 0 Å². The molecular formula is C16H19NO3. The highest BCUT2D eigenvalue weighted by molar-refractivity contribution is 5.58. The summed E-state index contributed by atoms with van der Waals surface area (Å²) in [5.41, 5.74) is 0.869. The molecule has 20 heavy (non-hydrogen) atoms. The Kier molecular flexibility index (Phi) is 4.15. The quantitative estimate of drug-likeness (QED) is 0.784. The van der Waals surface area contributed by atoms with Crippen LogP contribution in [0.2, 0.25) is 0 Å². The molecule has 0 fully saturated rings. The van der Waals surface area contributed by atoms with Crippen molar-refractivity contribution in [2.24, 2.45) is 0 Å². The van der Waals surface area contributed by atoms with E-state index >= 15 is 0 Å². The van der Waals surface area contributed by atoms with Crippen LogP contribution in [0.5, 0.6) is 11.5 Å². The minimum Gasteiger partial charge on any atom is -0.508 e. The van der Waals surface area contributed by atoms with Crippen molar-refractivity contribution in [1.29, 1.82) is 0 Å². The molecule has 2 aromatic carbocycles. The van der Waals surface area contributed by atoms with Crippen LogP contribution in [0.1, 0.15) is 12.5 Å². The number of aliphatic hydroxyl groups excluding tert-OH is 1. The summed E-state index contributed by atoms with van der Waals surface area (Å²) in [6, 6.07) is 14.4. The number of aromatic hydroxyl groups is 1. The topological polar surface area (TPSA) is 61.7 Å². The third-order valence-electron chi connectivity index (χ3n) is 3.32. The lowest BCUT2D eigenvalue weighted by molar-refractivity contribution is 0.223. The van der Waals surface area contributed by atoms with E-state index < -0.39 is 5.54 Å². The highest BCUT2D eigenvalue weighted by atomic mass is 16.5. The van der Waals surface area contributed by atoms with Crippen molar-refractivity contribution in [1.82, 2.24) is 0 Å². The van der Waals surface area contributed by atoms with Crippen molar-refractivity contribution in [3.05, 3.63) is 54.1 Å². The lowest BCUT2D eigenvalue weighted by atomic mass is 9.92. The highest BCUT2D eigenvalue weighted by Crippen LogP contribution is 2.32. The summed E-state index contributed by atoms with van der Waals surface area (Å²) in [5, 5.41) is 22.7. The van der Waals surface area contributed by atoms with E-state index in [9.17, 15) is 10.2 Å². The van der Waals surface area contributed by atoms with Gasteiger partial charge in [0.05, 0.1) is 24.9 Å². The molecule has 0 heterocycles. The number of para-hydroxylation sites is 2. The second-order valence-electron chi connectivity index (χ2n) is 4.87. The van der Waals surface area contributed by atoms with Crippen molar-refractivity contribution in [3.63, 3.8) is 0 Å². The number of rotatable bonds is 5. The molecule has 2 rings (SSSR count). The molecule has 106 valence electrons. The van der Waals surface area contributed by atoms with Gasteiger partial charge in [0, 0.05) is 0 Å². The van der Waals surface area contributed by atoms with Gasteiger partial charge in [-0.15, -0.1) is 0 Å². The zero-order chi connectivity index (χ0) is 14.6. The third kappa shape index (κ3) is 2.86. The summed E-state index contributed by atoms with van der Waals surface area (Å²) in [6.45, 7) is 1.75. The van der Waals surface area contributed by atoms with E-state index in [1.54, 1.807) is 25.3 Å². The number of hydrogen-bond donors (Lipinski definition) is 3. The molecule has 1 unspecified atom stereocenters. The summed E-state index contributed by atoms with van der Waals surface area (Å²) in [6.07, 6.45) is 0. The first-order valence-electron chi connectivity index (χ1n) is 6.40. The number of ether oxygens (including phenoxy) is 1. The Labute approximate surface area is 118 Å². The minimum atomic E-state index is -0.715. The lowest BCUT2D eigenvalue weighted by Crippen LogP contribution is -2.35. The SMILES string of the molecule is COc1ccccc1NC(C)(CO)c1cccc(O)c1. The second kappa shape index (κ2) is 5.84. The van der Waals surface area contributed by atoms with Gasteiger partial charge in [0.25, 0.3) is 0 Å². The van der Waals surface area contributed by atoms with E-state index in [-0.39, 0.29) is 12.4 Å². The number of hydrogen-bond acceptors (Lipinski definition) is 4. The van der Waals surface area contributed by atoms with Crippen LogP contribution in [-0.4, -0.2) is 23.9 Å². The minimum absolute atomic E-state index is 0.117. The fraction of sp³-hybridized carbons (Fsp3) is 0.250.